The van der Waals surface area contributed by atoms with Gasteiger partial charge in [-0.15, -0.1) is 0 Å². The van der Waals surface area contributed by atoms with Crippen molar-refractivity contribution in [3.63, 3.8) is 0 Å². The van der Waals surface area contributed by atoms with Gasteiger partial charge < -0.3 is 19.1 Å². The molecule has 3 aliphatic heterocycles. The van der Waals surface area contributed by atoms with Crippen LogP contribution < -0.4 is 9.47 Å². The molecule has 3 heterocycles. The number of benzene rings is 2. The number of amides is 2. The maximum atomic E-state index is 13.7. The molecule has 0 N–H and O–H groups in total. The van der Waals surface area contributed by atoms with Gasteiger partial charge in [0.25, 0.3) is 5.91 Å². The highest BCUT2D eigenvalue weighted by Gasteiger charge is 2.49. The van der Waals surface area contributed by atoms with Crippen molar-refractivity contribution in [1.82, 2.24) is 9.80 Å². The second-order valence-corrected chi connectivity index (χ2v) is 8.69. The lowest BCUT2D eigenvalue weighted by atomic mass is 10.0. The Morgan fingerprint density at radius 1 is 1.09 bits per heavy atom. The fraction of sp³-hybridized carbons (Fsp3) is 0.308. The van der Waals surface area contributed by atoms with Gasteiger partial charge in [0.15, 0.2) is 23.0 Å². The molecule has 0 saturated carbocycles. The highest BCUT2D eigenvalue weighted by molar-refractivity contribution is 6.07. The number of fused-ring (bicyclic) bond motifs is 3. The van der Waals surface area contributed by atoms with Crippen LogP contribution in [0.2, 0.25) is 0 Å². The minimum absolute atomic E-state index is 0.0324. The largest absolute Gasteiger partial charge is 0.463 e. The average molecular weight is 444 g/mol. The third-order valence-corrected chi connectivity index (χ3v) is 6.84. The van der Waals surface area contributed by atoms with E-state index in [-0.39, 0.29) is 31.2 Å². The normalized spacial score (nSPS) is 21.8. The van der Waals surface area contributed by atoms with Gasteiger partial charge in [0, 0.05) is 17.2 Å². The van der Waals surface area contributed by atoms with E-state index < -0.39 is 6.23 Å². The number of ether oxygens (including phenoxy) is 3. The van der Waals surface area contributed by atoms with Crippen LogP contribution in [0.5, 0.6) is 11.5 Å². The summed E-state index contributed by atoms with van der Waals surface area (Å²) >= 11 is 0. The van der Waals surface area contributed by atoms with E-state index in [2.05, 4.69) is 12.1 Å². The minimum atomic E-state index is -0.742. The summed E-state index contributed by atoms with van der Waals surface area (Å²) in [4.78, 5) is 30.3. The van der Waals surface area contributed by atoms with Crippen LogP contribution in [0.1, 0.15) is 43.2 Å². The Hall–Kier alpha value is -3.74. The summed E-state index contributed by atoms with van der Waals surface area (Å²) in [6.45, 7) is 4.18. The van der Waals surface area contributed by atoms with Crippen LogP contribution in [0.15, 0.2) is 60.0 Å². The SMILES string of the molecule is CC[C@H](C)N1CC(=O)N2C(=C(C3=CCc4ccccc43)OC2c2ccc3c(c2)OCO3)C1=O. The number of carbonyl (C=O) groups is 2. The zero-order valence-electron chi connectivity index (χ0n) is 18.5. The molecule has 6 rings (SSSR count). The summed E-state index contributed by atoms with van der Waals surface area (Å²) in [5.41, 5.74) is 4.12. The molecule has 2 aromatic rings. The molecule has 1 saturated heterocycles. The fourth-order valence-corrected chi connectivity index (χ4v) is 4.88. The van der Waals surface area contributed by atoms with E-state index in [0.717, 1.165) is 29.5 Å². The summed E-state index contributed by atoms with van der Waals surface area (Å²) in [6, 6.07) is 13.5. The van der Waals surface area contributed by atoms with Crippen LogP contribution >= 0.6 is 0 Å². The summed E-state index contributed by atoms with van der Waals surface area (Å²) in [5, 5.41) is 0. The van der Waals surface area contributed by atoms with Crippen LogP contribution in [0, 0.1) is 0 Å². The number of allylic oxidation sites excluding steroid dienone is 2. The number of hydrogen-bond acceptors (Lipinski definition) is 5. The smallest absolute Gasteiger partial charge is 0.275 e. The molecule has 7 heteroatoms. The Labute approximate surface area is 191 Å². The second-order valence-electron chi connectivity index (χ2n) is 8.69. The number of carbonyl (C=O) groups excluding carboxylic acids is 2. The summed E-state index contributed by atoms with van der Waals surface area (Å²) in [7, 11) is 0. The summed E-state index contributed by atoms with van der Waals surface area (Å²) in [6.07, 6.45) is 2.86. The standard InChI is InChI=1S/C26H24N2O5/c1-3-15(2)27-13-22(29)28-23(25(27)30)24(19-10-8-16-6-4-5-7-18(16)19)33-26(28)17-9-11-20-21(12-17)32-14-31-20/h4-7,9-12,15,26H,3,8,13-14H2,1-2H3/t15-,26?/m0/s1. The quantitative estimate of drug-likeness (QED) is 0.718. The molecular weight excluding hydrogens is 420 g/mol. The van der Waals surface area contributed by atoms with Gasteiger partial charge in [-0.3, -0.25) is 14.5 Å². The van der Waals surface area contributed by atoms with Crippen LogP contribution in [0.25, 0.3) is 5.57 Å². The van der Waals surface area contributed by atoms with Crippen molar-refractivity contribution in [3.05, 3.63) is 76.7 Å². The highest BCUT2D eigenvalue weighted by Crippen LogP contribution is 2.48. The van der Waals surface area contributed by atoms with Crippen molar-refractivity contribution < 1.29 is 23.8 Å². The summed E-state index contributed by atoms with van der Waals surface area (Å²) < 4.78 is 17.4. The molecule has 0 radical (unpaired) electrons. The van der Waals surface area contributed by atoms with E-state index in [1.807, 2.05) is 50.2 Å². The molecule has 7 nitrogen and oxygen atoms in total. The van der Waals surface area contributed by atoms with E-state index in [4.69, 9.17) is 14.2 Å². The minimum Gasteiger partial charge on any atom is -0.463 e. The lowest BCUT2D eigenvalue weighted by molar-refractivity contribution is -0.151. The van der Waals surface area contributed by atoms with E-state index >= 15 is 0 Å². The first-order valence-electron chi connectivity index (χ1n) is 11.3. The first-order chi connectivity index (χ1) is 16.1. The Morgan fingerprint density at radius 2 is 1.91 bits per heavy atom. The van der Waals surface area contributed by atoms with Gasteiger partial charge in [0.1, 0.15) is 6.54 Å². The van der Waals surface area contributed by atoms with Crippen molar-refractivity contribution in [1.29, 1.82) is 0 Å². The van der Waals surface area contributed by atoms with Crippen molar-refractivity contribution in [2.45, 2.75) is 39.0 Å². The van der Waals surface area contributed by atoms with E-state index in [1.54, 1.807) is 4.90 Å². The lowest BCUT2D eigenvalue weighted by Crippen LogP contribution is -2.54. The van der Waals surface area contributed by atoms with Crippen molar-refractivity contribution in [2.24, 2.45) is 0 Å². The molecule has 2 atom stereocenters. The predicted molar refractivity (Wildman–Crippen MR) is 120 cm³/mol. The zero-order chi connectivity index (χ0) is 22.7. The number of nitrogens with zero attached hydrogens (tertiary/aromatic N) is 2. The maximum absolute atomic E-state index is 13.7. The van der Waals surface area contributed by atoms with E-state index in [9.17, 15) is 9.59 Å². The van der Waals surface area contributed by atoms with Crippen LogP contribution in [-0.2, 0) is 20.7 Å². The van der Waals surface area contributed by atoms with Crippen LogP contribution in [0.4, 0.5) is 0 Å². The molecule has 1 fully saturated rings. The monoisotopic (exact) mass is 444 g/mol. The van der Waals surface area contributed by atoms with Gasteiger partial charge in [-0.25, -0.2) is 0 Å². The molecule has 0 bridgehead atoms. The lowest BCUT2D eigenvalue weighted by Gasteiger charge is -2.37. The van der Waals surface area contributed by atoms with Gasteiger partial charge in [-0.2, -0.15) is 0 Å². The molecule has 2 aromatic carbocycles. The van der Waals surface area contributed by atoms with Crippen molar-refractivity contribution in [2.75, 3.05) is 13.3 Å². The third kappa shape index (κ3) is 2.95. The second kappa shape index (κ2) is 7.40. The van der Waals surface area contributed by atoms with Gasteiger partial charge in [-0.05, 0) is 49.1 Å². The van der Waals surface area contributed by atoms with Crippen molar-refractivity contribution in [3.8, 4) is 11.5 Å². The number of rotatable bonds is 4. The highest BCUT2D eigenvalue weighted by atomic mass is 16.7. The number of piperazine rings is 1. The first kappa shape index (κ1) is 19.9. The molecule has 2 amide bonds. The molecular formula is C26H24N2O5. The maximum Gasteiger partial charge on any atom is 0.275 e. The first-order valence-corrected chi connectivity index (χ1v) is 11.3. The van der Waals surface area contributed by atoms with Gasteiger partial charge in [-0.1, -0.05) is 37.3 Å². The van der Waals surface area contributed by atoms with Crippen LogP contribution in [0.3, 0.4) is 0 Å². The summed E-state index contributed by atoms with van der Waals surface area (Å²) in [5.74, 6) is 1.39. The Morgan fingerprint density at radius 3 is 2.76 bits per heavy atom. The molecule has 1 aliphatic carbocycles. The Kier molecular flexibility index (Phi) is 4.47. The predicted octanol–water partition coefficient (Wildman–Crippen LogP) is 3.76. The molecule has 4 aliphatic rings. The molecule has 33 heavy (non-hydrogen) atoms. The van der Waals surface area contributed by atoms with E-state index in [1.165, 1.54) is 10.5 Å². The van der Waals surface area contributed by atoms with E-state index in [0.29, 0.717) is 23.0 Å². The van der Waals surface area contributed by atoms with Crippen molar-refractivity contribution >= 4 is 17.4 Å². The molecule has 0 aromatic heterocycles. The molecule has 1 unspecified atom stereocenters. The number of hydrogen-bond donors (Lipinski definition) is 0. The average Bonchev–Trinajstić information content (AvgIpc) is 3.56. The Bertz CT molecular complexity index is 1250. The molecule has 168 valence electrons. The zero-order valence-corrected chi connectivity index (χ0v) is 18.5. The van der Waals surface area contributed by atoms with Gasteiger partial charge in [0.05, 0.1) is 0 Å². The van der Waals surface area contributed by atoms with Gasteiger partial charge >= 0.3 is 0 Å². The fourth-order valence-electron chi connectivity index (χ4n) is 4.88. The molecule has 0 spiro atoms. The topological polar surface area (TPSA) is 68.3 Å². The van der Waals surface area contributed by atoms with Gasteiger partial charge in [0.2, 0.25) is 18.9 Å². The van der Waals surface area contributed by atoms with Crippen LogP contribution in [-0.4, -0.2) is 41.0 Å². The third-order valence-electron chi connectivity index (χ3n) is 6.84. The Balaban J connectivity index is 1.47.